The number of hydrogen-bond donors (Lipinski definition) is 1. The minimum absolute atomic E-state index is 0.00508. The zero-order valence-corrected chi connectivity index (χ0v) is 15.1. The van der Waals surface area contributed by atoms with E-state index < -0.39 is 0 Å². The minimum atomic E-state index is -0.253. The fourth-order valence-corrected chi connectivity index (χ4v) is 2.98. The van der Waals surface area contributed by atoms with Crippen LogP contribution in [0.5, 0.6) is 0 Å². The maximum absolute atomic E-state index is 12.5. The summed E-state index contributed by atoms with van der Waals surface area (Å²) in [5.41, 5.74) is 2.33. The number of urea groups is 1. The molecule has 0 aliphatic carbocycles. The number of nitrogens with one attached hydrogen (secondary N) is 1. The summed E-state index contributed by atoms with van der Waals surface area (Å²) in [6, 6.07) is 12.2. The summed E-state index contributed by atoms with van der Waals surface area (Å²) < 4.78 is 0. The molecule has 0 atom stereocenters. The molecule has 5 nitrogen and oxygen atoms in total. The minimum Gasteiger partial charge on any atom is -0.324 e. The summed E-state index contributed by atoms with van der Waals surface area (Å²) in [6.07, 6.45) is 0. The van der Waals surface area contributed by atoms with Crippen LogP contribution >= 0.6 is 23.2 Å². The number of aryl methyl sites for hydroxylation is 1. The van der Waals surface area contributed by atoms with Gasteiger partial charge in [0.05, 0.1) is 0 Å². The normalized spacial score (nSPS) is 14.1. The first-order valence-electron chi connectivity index (χ1n) is 7.82. The molecule has 130 valence electrons. The Balaban J connectivity index is 1.63. The summed E-state index contributed by atoms with van der Waals surface area (Å²) in [4.78, 5) is 27.9. The zero-order valence-electron chi connectivity index (χ0n) is 13.6. The van der Waals surface area contributed by atoms with Crippen molar-refractivity contribution in [3.05, 3.63) is 58.1 Å². The van der Waals surface area contributed by atoms with E-state index in [4.69, 9.17) is 23.2 Å². The topological polar surface area (TPSA) is 52.7 Å². The smallest absolute Gasteiger partial charge is 0.324 e. The van der Waals surface area contributed by atoms with Crippen LogP contribution in [0.4, 0.5) is 16.2 Å². The van der Waals surface area contributed by atoms with Crippen LogP contribution in [-0.2, 0) is 4.79 Å². The van der Waals surface area contributed by atoms with Gasteiger partial charge in [0.15, 0.2) is 0 Å². The summed E-state index contributed by atoms with van der Waals surface area (Å²) in [5.74, 6) is -0.253. The van der Waals surface area contributed by atoms with Crippen molar-refractivity contribution in [2.24, 2.45) is 0 Å². The SMILES string of the molecule is Cc1ccc(Cl)cc1NC(=O)CN1CCN(c2ccc(Cl)cc2)C1=O. The Labute approximate surface area is 156 Å². The van der Waals surface area contributed by atoms with E-state index in [1.807, 2.05) is 13.0 Å². The Bertz CT molecular complexity index is 808. The second kappa shape index (κ2) is 7.33. The van der Waals surface area contributed by atoms with E-state index in [-0.39, 0.29) is 18.5 Å². The number of carbonyl (C=O) groups is 2. The lowest BCUT2D eigenvalue weighted by Crippen LogP contribution is -2.37. The van der Waals surface area contributed by atoms with Crippen LogP contribution in [0, 0.1) is 6.92 Å². The van der Waals surface area contributed by atoms with E-state index in [0.717, 1.165) is 11.3 Å². The van der Waals surface area contributed by atoms with E-state index in [2.05, 4.69) is 5.32 Å². The third-order valence-electron chi connectivity index (χ3n) is 4.04. The van der Waals surface area contributed by atoms with Gasteiger partial charge in [-0.15, -0.1) is 0 Å². The molecular weight excluding hydrogens is 361 g/mol. The molecule has 1 saturated heterocycles. The van der Waals surface area contributed by atoms with Crippen molar-refractivity contribution >= 4 is 46.5 Å². The molecule has 3 rings (SSSR count). The van der Waals surface area contributed by atoms with Crippen LogP contribution < -0.4 is 10.2 Å². The largest absolute Gasteiger partial charge is 0.325 e. The molecule has 1 aliphatic rings. The van der Waals surface area contributed by atoms with Gasteiger partial charge in [-0.3, -0.25) is 9.69 Å². The molecule has 3 amide bonds. The third kappa shape index (κ3) is 4.06. The molecule has 0 spiro atoms. The van der Waals surface area contributed by atoms with Crippen LogP contribution in [-0.4, -0.2) is 36.5 Å². The van der Waals surface area contributed by atoms with Gasteiger partial charge < -0.3 is 10.2 Å². The Morgan fingerprint density at radius 3 is 2.48 bits per heavy atom. The highest BCUT2D eigenvalue weighted by atomic mass is 35.5. The molecular formula is C18H17Cl2N3O2. The van der Waals surface area contributed by atoms with E-state index in [1.54, 1.807) is 41.3 Å². The first-order chi connectivity index (χ1) is 11.9. The van der Waals surface area contributed by atoms with Crippen molar-refractivity contribution in [2.45, 2.75) is 6.92 Å². The number of halogens is 2. The Hall–Kier alpha value is -2.24. The number of nitrogens with zero attached hydrogens (tertiary/aromatic N) is 2. The average Bonchev–Trinajstić information content (AvgIpc) is 2.92. The van der Waals surface area contributed by atoms with Crippen molar-refractivity contribution < 1.29 is 9.59 Å². The summed E-state index contributed by atoms with van der Waals surface area (Å²) in [7, 11) is 0. The van der Waals surface area contributed by atoms with Gasteiger partial charge in [-0.25, -0.2) is 4.79 Å². The number of carbonyl (C=O) groups excluding carboxylic acids is 2. The fourth-order valence-electron chi connectivity index (χ4n) is 2.68. The van der Waals surface area contributed by atoms with E-state index in [0.29, 0.717) is 28.8 Å². The molecule has 7 heteroatoms. The van der Waals surface area contributed by atoms with Crippen molar-refractivity contribution in [2.75, 3.05) is 29.9 Å². The van der Waals surface area contributed by atoms with E-state index in [1.165, 1.54) is 4.90 Å². The van der Waals surface area contributed by atoms with Gasteiger partial charge in [0.2, 0.25) is 5.91 Å². The van der Waals surface area contributed by atoms with Crippen LogP contribution in [0.2, 0.25) is 10.0 Å². The molecule has 1 fully saturated rings. The van der Waals surface area contributed by atoms with Crippen LogP contribution in [0.1, 0.15) is 5.56 Å². The number of benzene rings is 2. The molecule has 1 heterocycles. The first kappa shape index (κ1) is 17.6. The van der Waals surface area contributed by atoms with Crippen molar-refractivity contribution in [3.8, 4) is 0 Å². The standard InChI is InChI=1S/C18H17Cl2N3O2/c1-12-2-3-14(20)10-16(12)21-17(24)11-22-8-9-23(18(22)25)15-6-4-13(19)5-7-15/h2-7,10H,8-9,11H2,1H3,(H,21,24). The molecule has 1 N–H and O–H groups in total. The number of anilines is 2. The molecule has 0 radical (unpaired) electrons. The summed E-state index contributed by atoms with van der Waals surface area (Å²) in [5, 5.41) is 3.97. The van der Waals surface area contributed by atoms with E-state index >= 15 is 0 Å². The lowest BCUT2D eigenvalue weighted by atomic mass is 10.2. The lowest BCUT2D eigenvalue weighted by Gasteiger charge is -2.19. The molecule has 0 saturated carbocycles. The molecule has 1 aliphatic heterocycles. The number of hydrogen-bond acceptors (Lipinski definition) is 2. The van der Waals surface area contributed by atoms with Crippen molar-refractivity contribution in [1.29, 1.82) is 0 Å². The average molecular weight is 378 g/mol. The monoisotopic (exact) mass is 377 g/mol. The summed E-state index contributed by atoms with van der Waals surface area (Å²) in [6.45, 7) is 2.90. The highest BCUT2D eigenvalue weighted by molar-refractivity contribution is 6.31. The van der Waals surface area contributed by atoms with Gasteiger partial charge >= 0.3 is 6.03 Å². The molecule has 2 aromatic carbocycles. The Kier molecular flexibility index (Phi) is 5.16. The quantitative estimate of drug-likeness (QED) is 0.868. The van der Waals surface area contributed by atoms with Crippen LogP contribution in [0.3, 0.4) is 0 Å². The predicted octanol–water partition coefficient (Wildman–Crippen LogP) is 4.18. The molecule has 0 aromatic heterocycles. The van der Waals surface area contributed by atoms with Gasteiger partial charge in [-0.05, 0) is 48.9 Å². The summed E-state index contributed by atoms with van der Waals surface area (Å²) >= 11 is 11.8. The van der Waals surface area contributed by atoms with E-state index in [9.17, 15) is 9.59 Å². The van der Waals surface area contributed by atoms with Gasteiger partial charge in [-0.2, -0.15) is 0 Å². The predicted molar refractivity (Wildman–Crippen MR) is 101 cm³/mol. The fraction of sp³-hybridized carbons (Fsp3) is 0.222. The zero-order chi connectivity index (χ0) is 18.0. The maximum Gasteiger partial charge on any atom is 0.325 e. The second-order valence-electron chi connectivity index (χ2n) is 5.84. The molecule has 0 unspecified atom stereocenters. The third-order valence-corrected chi connectivity index (χ3v) is 4.53. The first-order valence-corrected chi connectivity index (χ1v) is 8.57. The van der Waals surface area contributed by atoms with Gasteiger partial charge in [-0.1, -0.05) is 29.3 Å². The van der Waals surface area contributed by atoms with Crippen LogP contribution in [0.25, 0.3) is 0 Å². The highest BCUT2D eigenvalue weighted by Crippen LogP contribution is 2.23. The van der Waals surface area contributed by atoms with Crippen molar-refractivity contribution in [1.82, 2.24) is 4.90 Å². The molecule has 2 aromatic rings. The van der Waals surface area contributed by atoms with Crippen LogP contribution in [0.15, 0.2) is 42.5 Å². The molecule has 25 heavy (non-hydrogen) atoms. The Morgan fingerprint density at radius 1 is 1.08 bits per heavy atom. The number of rotatable bonds is 4. The van der Waals surface area contributed by atoms with Gasteiger partial charge in [0, 0.05) is 34.5 Å². The second-order valence-corrected chi connectivity index (χ2v) is 6.71. The van der Waals surface area contributed by atoms with Crippen molar-refractivity contribution in [3.63, 3.8) is 0 Å². The number of amides is 3. The lowest BCUT2D eigenvalue weighted by molar-refractivity contribution is -0.116. The van der Waals surface area contributed by atoms with Gasteiger partial charge in [0.1, 0.15) is 6.54 Å². The molecule has 0 bridgehead atoms. The maximum atomic E-state index is 12.5. The highest BCUT2D eigenvalue weighted by Gasteiger charge is 2.30. The van der Waals surface area contributed by atoms with Gasteiger partial charge in [0.25, 0.3) is 0 Å². The Morgan fingerprint density at radius 2 is 1.76 bits per heavy atom.